The molecule has 2 aromatic heterocycles. The second-order valence-electron chi connectivity index (χ2n) is 11.4. The molecule has 4 heterocycles. The average molecular weight is 517 g/mol. The van der Waals surface area contributed by atoms with E-state index < -0.39 is 0 Å². The van der Waals surface area contributed by atoms with Gasteiger partial charge in [0.15, 0.2) is 11.6 Å². The third-order valence-corrected chi connectivity index (χ3v) is 8.87. The summed E-state index contributed by atoms with van der Waals surface area (Å²) in [7, 11) is 4.29. The van der Waals surface area contributed by atoms with Crippen molar-refractivity contribution >= 4 is 28.8 Å². The maximum Gasteiger partial charge on any atom is 0.174 e. The second-order valence-corrected chi connectivity index (χ2v) is 12.5. The molecule has 2 aliphatic rings. The lowest BCUT2D eigenvalue weighted by atomic mass is 9.97. The first-order valence-electron chi connectivity index (χ1n) is 13.0. The fourth-order valence-electron chi connectivity index (χ4n) is 5.06. The van der Waals surface area contributed by atoms with E-state index in [1.807, 2.05) is 0 Å². The van der Waals surface area contributed by atoms with E-state index in [4.69, 9.17) is 4.99 Å². The van der Waals surface area contributed by atoms with Gasteiger partial charge < -0.3 is 9.80 Å². The Morgan fingerprint density at radius 3 is 2.68 bits per heavy atom. The normalized spacial score (nSPS) is 17.4. The van der Waals surface area contributed by atoms with E-state index in [1.165, 1.54) is 22.5 Å². The molecule has 37 heavy (non-hydrogen) atoms. The molecule has 5 rings (SSSR count). The Bertz CT molecular complexity index is 1350. The summed E-state index contributed by atoms with van der Waals surface area (Å²) in [6.45, 7) is 10.5. The Labute approximate surface area is 223 Å². The highest BCUT2D eigenvalue weighted by atomic mass is 32.1. The molecule has 0 aliphatic carbocycles. The van der Waals surface area contributed by atoms with E-state index in [1.54, 1.807) is 12.5 Å². The first-order chi connectivity index (χ1) is 17.6. The minimum Gasteiger partial charge on any atom is -0.358 e. The molecule has 2 aliphatic heterocycles. The number of carbonyl (C=O) groups is 1. The predicted octanol–water partition coefficient (Wildman–Crippen LogP) is 5.24. The summed E-state index contributed by atoms with van der Waals surface area (Å²) < 4.78 is 0. The van der Waals surface area contributed by atoms with E-state index in [0.29, 0.717) is 18.9 Å². The van der Waals surface area contributed by atoms with Crippen molar-refractivity contribution in [3.8, 4) is 11.3 Å². The van der Waals surface area contributed by atoms with Gasteiger partial charge in [-0.05, 0) is 51.1 Å². The van der Waals surface area contributed by atoms with Crippen LogP contribution in [-0.4, -0.2) is 69.6 Å². The number of carbonyl (C=O) groups excluding carboxylic acids is 1. The predicted molar refractivity (Wildman–Crippen MR) is 150 cm³/mol. The molecule has 0 N–H and O–H groups in total. The van der Waals surface area contributed by atoms with Crippen LogP contribution in [0.25, 0.3) is 11.3 Å². The Kier molecular flexibility index (Phi) is 6.98. The minimum absolute atomic E-state index is 0.0360. The van der Waals surface area contributed by atoms with Crippen LogP contribution < -0.4 is 0 Å². The maximum atomic E-state index is 12.8. The zero-order valence-electron chi connectivity index (χ0n) is 22.7. The third-order valence-electron chi connectivity index (χ3n) is 7.41. The number of likely N-dealkylation sites (N-methyl/N-ethyl adjacent to an activating group) is 1. The van der Waals surface area contributed by atoms with Gasteiger partial charge in [0.25, 0.3) is 0 Å². The number of ketones is 1. The summed E-state index contributed by atoms with van der Waals surface area (Å²) in [6.07, 6.45) is 6.48. The van der Waals surface area contributed by atoms with E-state index >= 15 is 0 Å². The zero-order chi connectivity index (χ0) is 26.3. The summed E-state index contributed by atoms with van der Waals surface area (Å²) in [4.78, 5) is 36.8. The number of rotatable bonds is 6. The van der Waals surface area contributed by atoms with Crippen LogP contribution in [0.5, 0.6) is 0 Å². The van der Waals surface area contributed by atoms with Crippen molar-refractivity contribution in [2.24, 2.45) is 4.99 Å². The molecule has 3 aromatic rings. The molecule has 0 spiro atoms. The van der Waals surface area contributed by atoms with Crippen LogP contribution in [-0.2, 0) is 18.3 Å². The fourth-order valence-corrected chi connectivity index (χ4v) is 6.00. The van der Waals surface area contributed by atoms with E-state index in [9.17, 15) is 4.79 Å². The smallest absolute Gasteiger partial charge is 0.174 e. The topological polar surface area (TPSA) is 74.6 Å². The molecule has 0 saturated carbocycles. The quantitative estimate of drug-likeness (QED) is 0.417. The fraction of sp³-hybridized carbons (Fsp3) is 0.483. The number of hydrogen-bond acceptors (Lipinski definition) is 8. The third kappa shape index (κ3) is 5.36. The molecule has 0 amide bonds. The summed E-state index contributed by atoms with van der Waals surface area (Å²) in [5, 5.41) is 1.00. The van der Waals surface area contributed by atoms with Crippen molar-refractivity contribution in [2.45, 2.75) is 64.8 Å². The molecule has 1 aromatic carbocycles. The highest BCUT2D eigenvalue weighted by molar-refractivity contribution is 7.13. The van der Waals surface area contributed by atoms with Crippen LogP contribution in [0.2, 0.25) is 0 Å². The van der Waals surface area contributed by atoms with Crippen molar-refractivity contribution in [2.75, 3.05) is 27.2 Å². The van der Waals surface area contributed by atoms with E-state index in [-0.39, 0.29) is 11.2 Å². The van der Waals surface area contributed by atoms with Gasteiger partial charge in [0, 0.05) is 54.7 Å². The molecule has 0 bridgehead atoms. The lowest BCUT2D eigenvalue weighted by molar-refractivity contribution is 0.0986. The Morgan fingerprint density at radius 1 is 1.19 bits per heavy atom. The molecule has 1 fully saturated rings. The van der Waals surface area contributed by atoms with E-state index in [2.05, 4.69) is 84.7 Å². The van der Waals surface area contributed by atoms with Crippen molar-refractivity contribution in [3.05, 3.63) is 57.3 Å². The number of benzene rings is 1. The molecule has 1 atom stereocenters. The first kappa shape index (κ1) is 25.7. The Balaban J connectivity index is 1.27. The van der Waals surface area contributed by atoms with Crippen LogP contribution in [0.3, 0.4) is 0 Å². The van der Waals surface area contributed by atoms with Gasteiger partial charge in [-0.3, -0.25) is 4.79 Å². The molecule has 1 saturated heterocycles. The van der Waals surface area contributed by atoms with Gasteiger partial charge in [-0.25, -0.2) is 19.9 Å². The summed E-state index contributed by atoms with van der Waals surface area (Å²) in [5.74, 6) is 2.05. The Hall–Kier alpha value is -2.97. The van der Waals surface area contributed by atoms with Gasteiger partial charge in [0.05, 0.1) is 15.6 Å². The second kappa shape index (κ2) is 10.1. The summed E-state index contributed by atoms with van der Waals surface area (Å²) in [6, 6.07) is 7.01. The number of nitrogens with zero attached hydrogens (tertiary/aromatic N) is 6. The maximum absolute atomic E-state index is 12.8. The number of thiazole rings is 1. The lowest BCUT2D eigenvalue weighted by Crippen LogP contribution is -2.34. The highest BCUT2D eigenvalue weighted by Gasteiger charge is 2.30. The molecule has 8 heteroatoms. The molecule has 1 unspecified atom stereocenters. The van der Waals surface area contributed by atoms with Crippen molar-refractivity contribution in [1.82, 2.24) is 24.8 Å². The highest BCUT2D eigenvalue weighted by Crippen LogP contribution is 2.35. The van der Waals surface area contributed by atoms with Crippen LogP contribution in [0, 0.1) is 6.92 Å². The van der Waals surface area contributed by atoms with Gasteiger partial charge in [0.2, 0.25) is 0 Å². The number of fused-ring (bicyclic) bond motifs is 1. The molecular weight excluding hydrogens is 480 g/mol. The number of aromatic nitrogens is 3. The van der Waals surface area contributed by atoms with Crippen molar-refractivity contribution in [3.63, 3.8) is 0 Å². The molecular formula is C29H36N6OS. The molecule has 194 valence electrons. The lowest BCUT2D eigenvalue weighted by Gasteiger charge is -2.21. The van der Waals surface area contributed by atoms with Gasteiger partial charge in [0.1, 0.15) is 12.2 Å². The number of likely N-dealkylation sites (tertiary alicyclic amines) is 1. The van der Waals surface area contributed by atoms with Crippen LogP contribution >= 0.6 is 11.3 Å². The van der Waals surface area contributed by atoms with Crippen LogP contribution in [0.1, 0.15) is 65.0 Å². The largest absolute Gasteiger partial charge is 0.358 e. The zero-order valence-corrected chi connectivity index (χ0v) is 23.5. The average Bonchev–Trinajstić information content (AvgIpc) is 3.61. The van der Waals surface area contributed by atoms with Crippen LogP contribution in [0.4, 0.5) is 5.82 Å². The standard InChI is InChI=1S/C29H36N6OS/c1-18-13-20(8-7-19(18)9-10-23(36)24-15-30-28(37-24)29(2,3)4)26-22-14-25(33-27(22)32-17-31-26)35-12-11-21(16-35)34(5)6/h7-8,13,15,17,21H,9-12,14,16H2,1-6H3. The number of hydrogen-bond donors (Lipinski definition) is 0. The minimum atomic E-state index is -0.0360. The first-order valence-corrected chi connectivity index (χ1v) is 13.8. The van der Waals surface area contributed by atoms with E-state index in [0.717, 1.165) is 64.3 Å². The van der Waals surface area contributed by atoms with Crippen molar-refractivity contribution in [1.29, 1.82) is 0 Å². The van der Waals surface area contributed by atoms with Gasteiger partial charge in [-0.2, -0.15) is 0 Å². The Morgan fingerprint density at radius 2 is 2.00 bits per heavy atom. The number of aliphatic imine (C=N–C) groups is 1. The molecule has 7 nitrogen and oxygen atoms in total. The van der Waals surface area contributed by atoms with Gasteiger partial charge in [-0.15, -0.1) is 11.3 Å². The summed E-state index contributed by atoms with van der Waals surface area (Å²) in [5.41, 5.74) is 5.46. The summed E-state index contributed by atoms with van der Waals surface area (Å²) >= 11 is 1.52. The van der Waals surface area contributed by atoms with Crippen LogP contribution in [0.15, 0.2) is 35.7 Å². The number of Topliss-reactive ketones (excluding diaryl/α,β-unsaturated/α-hetero) is 1. The van der Waals surface area contributed by atoms with Gasteiger partial charge >= 0.3 is 0 Å². The number of amidine groups is 1. The monoisotopic (exact) mass is 516 g/mol. The molecule has 0 radical (unpaired) electrons. The van der Waals surface area contributed by atoms with Gasteiger partial charge in [-0.1, -0.05) is 32.9 Å². The van der Waals surface area contributed by atoms with Crippen molar-refractivity contribution < 1.29 is 4.79 Å². The SMILES string of the molecule is Cc1cc(-c2ncnc3c2CC(N2CCC(N(C)C)C2)=N3)ccc1CCC(=O)c1cnc(C(C)(C)C)s1. The number of aryl methyl sites for hydroxylation is 2.